The number of aliphatic hydroxyl groups excluding tert-OH is 3. The topological polar surface area (TPSA) is 193 Å². The summed E-state index contributed by atoms with van der Waals surface area (Å²) in [5.41, 5.74) is 2.53. The number of nitrogens with zero attached hydrogens (tertiary/aromatic N) is 6. The third-order valence-electron chi connectivity index (χ3n) is 8.71. The van der Waals surface area contributed by atoms with Gasteiger partial charge >= 0.3 is 5.97 Å². The number of aromatic nitrogens is 4. The number of aliphatic imine (C=N–C) groups is 1. The predicted molar refractivity (Wildman–Crippen MR) is 158 cm³/mol. The van der Waals surface area contributed by atoms with Crippen LogP contribution in [0.2, 0.25) is 0 Å². The number of carbonyl (C=O) groups excluding carboxylic acids is 1. The van der Waals surface area contributed by atoms with E-state index in [2.05, 4.69) is 22.4 Å². The van der Waals surface area contributed by atoms with Gasteiger partial charge in [-0.25, -0.2) is 4.79 Å². The Kier molecular flexibility index (Phi) is 8.64. The highest BCUT2D eigenvalue weighted by Gasteiger charge is 2.50. The van der Waals surface area contributed by atoms with Gasteiger partial charge in [0.2, 0.25) is 5.82 Å². The maximum absolute atomic E-state index is 13.6. The quantitative estimate of drug-likeness (QED) is 0.257. The van der Waals surface area contributed by atoms with Gasteiger partial charge in [-0.15, -0.1) is 5.10 Å². The monoisotopic (exact) mass is 620 g/mol. The van der Waals surface area contributed by atoms with E-state index in [-0.39, 0.29) is 11.7 Å². The molecule has 1 aliphatic carbocycles. The van der Waals surface area contributed by atoms with Crippen molar-refractivity contribution in [1.82, 2.24) is 25.3 Å². The van der Waals surface area contributed by atoms with E-state index in [9.17, 15) is 30.0 Å². The molecule has 3 heterocycles. The van der Waals surface area contributed by atoms with E-state index in [4.69, 9.17) is 14.6 Å². The Balaban J connectivity index is 1.22. The average Bonchev–Trinajstić information content (AvgIpc) is 3.77. The molecule has 5 atom stereocenters. The van der Waals surface area contributed by atoms with Gasteiger partial charge in [-0.05, 0) is 46.4 Å². The lowest BCUT2D eigenvalue weighted by Gasteiger charge is -2.37. The van der Waals surface area contributed by atoms with Crippen molar-refractivity contribution < 1.29 is 39.6 Å². The van der Waals surface area contributed by atoms with Crippen molar-refractivity contribution in [2.24, 2.45) is 4.99 Å². The molecule has 4 N–H and O–H groups in total. The van der Waals surface area contributed by atoms with E-state index in [1.165, 1.54) is 0 Å². The van der Waals surface area contributed by atoms with Crippen molar-refractivity contribution in [3.05, 3.63) is 54.1 Å². The molecule has 6 rings (SSSR count). The first-order valence-electron chi connectivity index (χ1n) is 15.2. The smallest absolute Gasteiger partial charge is 0.335 e. The van der Waals surface area contributed by atoms with Crippen LogP contribution < -0.4 is 4.84 Å². The number of aliphatic hydroxyl groups is 3. The van der Waals surface area contributed by atoms with Gasteiger partial charge in [-0.2, -0.15) is 0 Å². The van der Waals surface area contributed by atoms with Gasteiger partial charge < -0.3 is 30.0 Å². The summed E-state index contributed by atoms with van der Waals surface area (Å²) in [6, 6.07) is 15.1. The van der Waals surface area contributed by atoms with E-state index in [0.29, 0.717) is 12.1 Å². The maximum atomic E-state index is 13.6. The molecular formula is C31H36N6O8. The number of carbonyl (C=O) groups is 2. The van der Waals surface area contributed by atoms with Crippen LogP contribution in [0, 0.1) is 0 Å². The zero-order valence-electron chi connectivity index (χ0n) is 24.8. The molecule has 0 bridgehead atoms. The molecule has 14 nitrogen and oxygen atoms in total. The van der Waals surface area contributed by atoms with Gasteiger partial charge in [0.15, 0.2) is 6.10 Å². The Morgan fingerprint density at radius 2 is 1.73 bits per heavy atom. The summed E-state index contributed by atoms with van der Waals surface area (Å²) in [4.78, 5) is 38.4. The van der Waals surface area contributed by atoms with Gasteiger partial charge in [-0.1, -0.05) is 79.6 Å². The summed E-state index contributed by atoms with van der Waals surface area (Å²) >= 11 is 0. The second kappa shape index (κ2) is 12.6. The van der Waals surface area contributed by atoms with Crippen LogP contribution in [-0.4, -0.2) is 99.7 Å². The highest BCUT2D eigenvalue weighted by atomic mass is 16.8. The fourth-order valence-electron chi connectivity index (χ4n) is 6.24. The van der Waals surface area contributed by atoms with Crippen LogP contribution in [0.1, 0.15) is 57.4 Å². The highest BCUT2D eigenvalue weighted by Crippen LogP contribution is 2.40. The van der Waals surface area contributed by atoms with Crippen LogP contribution in [-0.2, 0) is 20.9 Å². The number of carboxylic acids is 1. The van der Waals surface area contributed by atoms with Gasteiger partial charge in [0.25, 0.3) is 12.2 Å². The maximum Gasteiger partial charge on any atom is 0.335 e. The average molecular weight is 621 g/mol. The number of amidine groups is 1. The molecule has 14 heteroatoms. The third kappa shape index (κ3) is 5.81. The van der Waals surface area contributed by atoms with Gasteiger partial charge in [-0.3, -0.25) is 14.7 Å². The Bertz CT molecular complexity index is 1570. The molecule has 3 aliphatic rings. The number of tetrazole rings is 1. The van der Waals surface area contributed by atoms with E-state index < -0.39 is 42.2 Å². The van der Waals surface area contributed by atoms with Gasteiger partial charge in [0.1, 0.15) is 29.7 Å². The molecule has 1 aromatic heterocycles. The molecule has 3 aromatic rings. The first-order valence-corrected chi connectivity index (χ1v) is 15.2. The fraction of sp³-hybridized carbons (Fsp3) is 0.484. The summed E-state index contributed by atoms with van der Waals surface area (Å²) in [6.45, 7) is 2.57. The number of hydrogen-bond acceptors (Lipinski definition) is 11. The van der Waals surface area contributed by atoms with Crippen LogP contribution in [0.3, 0.4) is 0 Å². The second-order valence-corrected chi connectivity index (χ2v) is 11.7. The molecule has 2 aromatic carbocycles. The molecule has 1 spiro atoms. The van der Waals surface area contributed by atoms with Crippen LogP contribution >= 0.6 is 0 Å². The van der Waals surface area contributed by atoms with Crippen molar-refractivity contribution in [2.45, 2.75) is 94.7 Å². The molecule has 1 amide bonds. The highest BCUT2D eigenvalue weighted by molar-refractivity contribution is 6.08. The molecule has 2 fully saturated rings. The Hall–Kier alpha value is -4.24. The molecular weight excluding hydrogens is 584 g/mol. The Morgan fingerprint density at radius 1 is 1.02 bits per heavy atom. The van der Waals surface area contributed by atoms with Crippen LogP contribution in [0.15, 0.2) is 53.5 Å². The van der Waals surface area contributed by atoms with Crippen molar-refractivity contribution in [3.63, 3.8) is 0 Å². The van der Waals surface area contributed by atoms with Gasteiger partial charge in [0, 0.05) is 12.0 Å². The first kappa shape index (κ1) is 30.8. The summed E-state index contributed by atoms with van der Waals surface area (Å²) in [5.74, 6) is -0.423. The fourth-order valence-corrected chi connectivity index (χ4v) is 6.24. The lowest BCUT2D eigenvalue weighted by Crippen LogP contribution is -2.62. The zero-order valence-corrected chi connectivity index (χ0v) is 24.8. The Labute approximate surface area is 258 Å². The first-order chi connectivity index (χ1) is 21.7. The summed E-state index contributed by atoms with van der Waals surface area (Å²) in [7, 11) is 0. The van der Waals surface area contributed by atoms with E-state index in [1.54, 1.807) is 12.1 Å². The summed E-state index contributed by atoms with van der Waals surface area (Å²) in [6.07, 6.45) is -2.57. The number of benzene rings is 2. The minimum atomic E-state index is -1.86. The van der Waals surface area contributed by atoms with Crippen molar-refractivity contribution in [2.75, 3.05) is 0 Å². The summed E-state index contributed by atoms with van der Waals surface area (Å²) < 4.78 is 5.22. The minimum absolute atomic E-state index is 0.108. The molecule has 0 radical (unpaired) electrons. The van der Waals surface area contributed by atoms with E-state index >= 15 is 0 Å². The predicted octanol–water partition coefficient (Wildman–Crippen LogP) is 1.57. The number of amides is 1. The lowest BCUT2D eigenvalue weighted by molar-refractivity contribution is -0.296. The van der Waals surface area contributed by atoms with E-state index in [0.717, 1.165) is 72.3 Å². The number of hydrogen-bond donors (Lipinski definition) is 4. The number of aliphatic carboxylic acids is 1. The standard InChI is InChI=1S/C31H36N6O8/c1-2-3-10-22-32-31(15-6-7-16-31)30(43)36(22)17-18-11-13-19(14-12-18)20-8-4-5-9-21(20)27-33-34-35-37(27)45-29-25(40)23(38)24(39)26(44-29)28(41)42/h4-5,8-9,11-14,23-26,29,38-40H,2-3,6-7,10,15-17H2,1H3,(H,41,42)/t23-,24-,25+,26-,29?/m0/s1. The largest absolute Gasteiger partial charge is 0.479 e. The number of ether oxygens (including phenoxy) is 1. The lowest BCUT2D eigenvalue weighted by atomic mass is 9.97. The van der Waals surface area contributed by atoms with Crippen LogP contribution in [0.5, 0.6) is 0 Å². The van der Waals surface area contributed by atoms with Crippen LogP contribution in [0.4, 0.5) is 0 Å². The minimum Gasteiger partial charge on any atom is -0.479 e. The van der Waals surface area contributed by atoms with Crippen molar-refractivity contribution >= 4 is 17.7 Å². The SMILES string of the molecule is CCCCC1=NC2(CCCC2)C(=O)N1Cc1ccc(-c2ccccc2-c2nnnn2OC2O[C@H](C(=O)O)[C@@H](O)[C@H](O)[C@H]2O)cc1. The normalized spacial score (nSPS) is 26.0. The molecule has 1 unspecified atom stereocenters. The second-order valence-electron chi connectivity index (χ2n) is 11.7. The van der Waals surface area contributed by atoms with E-state index in [1.807, 2.05) is 41.3 Å². The molecule has 2 aliphatic heterocycles. The number of unbranched alkanes of at least 4 members (excludes halogenated alkanes) is 1. The van der Waals surface area contributed by atoms with Crippen LogP contribution in [0.25, 0.3) is 22.5 Å². The van der Waals surface area contributed by atoms with Crippen molar-refractivity contribution in [1.29, 1.82) is 0 Å². The molecule has 238 valence electrons. The zero-order chi connectivity index (χ0) is 31.7. The molecule has 45 heavy (non-hydrogen) atoms. The van der Waals surface area contributed by atoms with Crippen molar-refractivity contribution in [3.8, 4) is 22.5 Å². The Morgan fingerprint density at radius 3 is 2.42 bits per heavy atom. The molecule has 1 saturated heterocycles. The number of rotatable bonds is 10. The summed E-state index contributed by atoms with van der Waals surface area (Å²) in [5, 5.41) is 51.4. The number of carboxylic acid groups (broad SMARTS) is 1. The third-order valence-corrected chi connectivity index (χ3v) is 8.71. The van der Waals surface area contributed by atoms with Gasteiger partial charge in [0.05, 0.1) is 6.54 Å². The molecule has 1 saturated carbocycles.